The Morgan fingerprint density at radius 2 is 2.09 bits per heavy atom. The fraction of sp³-hybridized carbons (Fsp3) is 0.200. The van der Waals surface area contributed by atoms with Crippen molar-refractivity contribution < 1.29 is 14.4 Å². The third kappa shape index (κ3) is 3.54. The lowest BCUT2D eigenvalue weighted by Gasteiger charge is -2.12. The number of carbonyl (C=O) groups excluding carboxylic acids is 3. The molecule has 2 N–H and O–H groups in total. The second kappa shape index (κ2) is 6.57. The summed E-state index contributed by atoms with van der Waals surface area (Å²) in [4.78, 5) is 41.2. The van der Waals surface area contributed by atoms with E-state index in [2.05, 4.69) is 15.6 Å². The Balaban J connectivity index is 1.60. The molecule has 8 heteroatoms. The van der Waals surface area contributed by atoms with Gasteiger partial charge in [-0.25, -0.2) is 9.78 Å². The Morgan fingerprint density at radius 3 is 2.78 bits per heavy atom. The second-order valence-electron chi connectivity index (χ2n) is 5.00. The number of anilines is 1. The van der Waals surface area contributed by atoms with Gasteiger partial charge in [0.2, 0.25) is 5.91 Å². The number of rotatable bonds is 5. The molecule has 1 unspecified atom stereocenters. The molecular weight excluding hydrogens is 316 g/mol. The van der Waals surface area contributed by atoms with E-state index in [-0.39, 0.29) is 18.9 Å². The van der Waals surface area contributed by atoms with Crippen molar-refractivity contribution in [2.24, 2.45) is 0 Å². The predicted octanol–water partition coefficient (Wildman–Crippen LogP) is 1.59. The number of nitrogens with one attached hydrogen (secondary N) is 2. The molecule has 0 saturated carbocycles. The second-order valence-corrected chi connectivity index (χ2v) is 5.90. The number of thiazole rings is 1. The van der Waals surface area contributed by atoms with Crippen molar-refractivity contribution in [3.05, 3.63) is 47.5 Å². The van der Waals surface area contributed by atoms with Crippen molar-refractivity contribution >= 4 is 34.3 Å². The molecule has 1 saturated heterocycles. The van der Waals surface area contributed by atoms with Gasteiger partial charge in [0.1, 0.15) is 6.04 Å². The molecule has 7 nitrogen and oxygen atoms in total. The normalized spacial score (nSPS) is 17.2. The van der Waals surface area contributed by atoms with E-state index in [9.17, 15) is 14.4 Å². The number of nitrogens with zero attached hydrogens (tertiary/aromatic N) is 2. The minimum Gasteiger partial charge on any atom is -0.325 e. The molecular formula is C15H14N4O3S. The van der Waals surface area contributed by atoms with Gasteiger partial charge in [0.05, 0.1) is 13.0 Å². The summed E-state index contributed by atoms with van der Waals surface area (Å²) in [5.74, 6) is -0.756. The van der Waals surface area contributed by atoms with E-state index in [0.29, 0.717) is 5.13 Å². The summed E-state index contributed by atoms with van der Waals surface area (Å²) in [6.07, 6.45) is 1.46. The van der Waals surface area contributed by atoms with Crippen LogP contribution in [0.2, 0.25) is 0 Å². The summed E-state index contributed by atoms with van der Waals surface area (Å²) in [6, 6.07) is 7.89. The van der Waals surface area contributed by atoms with Gasteiger partial charge in [-0.1, -0.05) is 30.3 Å². The first-order valence-electron chi connectivity index (χ1n) is 6.98. The van der Waals surface area contributed by atoms with Gasteiger partial charge < -0.3 is 10.6 Å². The van der Waals surface area contributed by atoms with Crippen LogP contribution >= 0.6 is 11.3 Å². The topological polar surface area (TPSA) is 91.4 Å². The van der Waals surface area contributed by atoms with Gasteiger partial charge >= 0.3 is 6.03 Å². The summed E-state index contributed by atoms with van der Waals surface area (Å²) in [6.45, 7) is 0.191. The quantitative estimate of drug-likeness (QED) is 0.815. The highest BCUT2D eigenvalue weighted by Crippen LogP contribution is 2.16. The summed E-state index contributed by atoms with van der Waals surface area (Å²) in [5.41, 5.74) is 0.851. The fourth-order valence-corrected chi connectivity index (χ4v) is 2.82. The van der Waals surface area contributed by atoms with Crippen LogP contribution in [0.3, 0.4) is 0 Å². The number of benzene rings is 1. The number of hydrogen-bond acceptors (Lipinski definition) is 5. The molecule has 4 amide bonds. The maximum absolute atomic E-state index is 12.3. The molecule has 2 heterocycles. The molecule has 0 aliphatic carbocycles. The van der Waals surface area contributed by atoms with Crippen LogP contribution in [0, 0.1) is 0 Å². The Hall–Kier alpha value is -2.74. The molecule has 23 heavy (non-hydrogen) atoms. The Kier molecular flexibility index (Phi) is 4.33. The van der Waals surface area contributed by atoms with Crippen LogP contribution < -0.4 is 10.6 Å². The molecule has 0 spiro atoms. The van der Waals surface area contributed by atoms with Crippen molar-refractivity contribution in [1.29, 1.82) is 0 Å². The number of imide groups is 1. The van der Waals surface area contributed by atoms with Crippen LogP contribution in [0.15, 0.2) is 41.9 Å². The lowest BCUT2D eigenvalue weighted by molar-refractivity contribution is -0.130. The minimum absolute atomic E-state index is 0.116. The number of aromatic nitrogens is 1. The van der Waals surface area contributed by atoms with Gasteiger partial charge in [0.15, 0.2) is 5.13 Å². The van der Waals surface area contributed by atoms with Crippen molar-refractivity contribution in [1.82, 2.24) is 15.2 Å². The molecule has 1 fully saturated rings. The fourth-order valence-electron chi connectivity index (χ4n) is 2.27. The van der Waals surface area contributed by atoms with E-state index in [1.807, 2.05) is 30.3 Å². The molecule has 3 rings (SSSR count). The van der Waals surface area contributed by atoms with Crippen LogP contribution in [0.25, 0.3) is 0 Å². The summed E-state index contributed by atoms with van der Waals surface area (Å²) < 4.78 is 0. The molecule has 1 aromatic heterocycles. The highest BCUT2D eigenvalue weighted by atomic mass is 32.1. The zero-order chi connectivity index (χ0) is 16.2. The first kappa shape index (κ1) is 15.2. The number of hydrogen-bond donors (Lipinski definition) is 2. The molecule has 118 valence electrons. The van der Waals surface area contributed by atoms with Crippen molar-refractivity contribution in [2.45, 2.75) is 19.0 Å². The Labute approximate surface area is 136 Å². The molecule has 1 aromatic carbocycles. The van der Waals surface area contributed by atoms with E-state index in [4.69, 9.17) is 0 Å². The van der Waals surface area contributed by atoms with Crippen LogP contribution in [-0.4, -0.2) is 33.8 Å². The Bertz CT molecular complexity index is 718. The van der Waals surface area contributed by atoms with Gasteiger partial charge in [-0.15, -0.1) is 11.3 Å². The number of urea groups is 1. The van der Waals surface area contributed by atoms with Crippen molar-refractivity contribution in [3.8, 4) is 0 Å². The van der Waals surface area contributed by atoms with Crippen LogP contribution in [0.1, 0.15) is 12.0 Å². The predicted molar refractivity (Wildman–Crippen MR) is 84.7 cm³/mol. The average molecular weight is 330 g/mol. The molecule has 0 radical (unpaired) electrons. The summed E-state index contributed by atoms with van der Waals surface area (Å²) >= 11 is 1.29. The van der Waals surface area contributed by atoms with Crippen LogP contribution in [0.5, 0.6) is 0 Å². The zero-order valence-electron chi connectivity index (χ0n) is 12.1. The number of amides is 4. The molecule has 1 aliphatic heterocycles. The van der Waals surface area contributed by atoms with Crippen molar-refractivity contribution in [3.63, 3.8) is 0 Å². The first-order valence-corrected chi connectivity index (χ1v) is 7.86. The monoisotopic (exact) mass is 330 g/mol. The van der Waals surface area contributed by atoms with E-state index < -0.39 is 18.0 Å². The summed E-state index contributed by atoms with van der Waals surface area (Å²) in [7, 11) is 0. The molecule has 1 atom stereocenters. The third-order valence-electron chi connectivity index (χ3n) is 3.36. The summed E-state index contributed by atoms with van der Waals surface area (Å²) in [5, 5.41) is 7.34. The third-order valence-corrected chi connectivity index (χ3v) is 4.05. The van der Waals surface area contributed by atoms with Gasteiger partial charge in [-0.2, -0.15) is 0 Å². The highest BCUT2D eigenvalue weighted by Gasteiger charge is 2.38. The maximum atomic E-state index is 12.3. The molecule has 0 bridgehead atoms. The van der Waals surface area contributed by atoms with Crippen LogP contribution in [0.4, 0.5) is 9.93 Å². The molecule has 2 aromatic rings. The maximum Gasteiger partial charge on any atom is 0.325 e. The zero-order valence-corrected chi connectivity index (χ0v) is 12.9. The van der Waals surface area contributed by atoms with E-state index >= 15 is 0 Å². The first-order chi connectivity index (χ1) is 11.1. The van der Waals surface area contributed by atoms with E-state index in [1.54, 1.807) is 11.6 Å². The van der Waals surface area contributed by atoms with Crippen LogP contribution in [-0.2, 0) is 16.1 Å². The lowest BCUT2D eigenvalue weighted by atomic mass is 10.2. The minimum atomic E-state index is -0.842. The lowest BCUT2D eigenvalue weighted by Crippen LogP contribution is -2.34. The standard InChI is InChI=1S/C15H14N4O3S/c20-12(18-14-16-6-7-23-14)8-11-13(21)19(15(22)17-11)9-10-4-2-1-3-5-10/h1-7,11H,8-9H2,(H,17,22)(H,16,18,20). The SMILES string of the molecule is O=C(CC1NC(=O)N(Cc2ccccc2)C1=O)Nc1nccs1. The highest BCUT2D eigenvalue weighted by molar-refractivity contribution is 7.13. The number of carbonyl (C=O) groups is 3. The van der Waals surface area contributed by atoms with E-state index in [0.717, 1.165) is 10.5 Å². The molecule has 1 aliphatic rings. The largest absolute Gasteiger partial charge is 0.325 e. The van der Waals surface area contributed by atoms with Gasteiger partial charge in [0, 0.05) is 11.6 Å². The van der Waals surface area contributed by atoms with Gasteiger partial charge in [-0.05, 0) is 5.56 Å². The van der Waals surface area contributed by atoms with E-state index in [1.165, 1.54) is 11.3 Å². The van der Waals surface area contributed by atoms with Crippen molar-refractivity contribution in [2.75, 3.05) is 5.32 Å². The average Bonchev–Trinajstić information content (AvgIpc) is 3.12. The smallest absolute Gasteiger partial charge is 0.325 e. The van der Waals surface area contributed by atoms with Gasteiger partial charge in [0.25, 0.3) is 5.91 Å². The van der Waals surface area contributed by atoms with Gasteiger partial charge in [-0.3, -0.25) is 14.5 Å². The Morgan fingerprint density at radius 1 is 1.30 bits per heavy atom.